The molecule has 0 saturated carbocycles. The Hall–Kier alpha value is -2.57. The SMILES string of the molecule is C[N+]1(C)[C@@H]2CC(OC(=O)C(O)(c3cccs3)c3cccs3)C[C@H]1[C@@H]1O[C@@H]12.O=C([O-])/C=C/C(=O)[O-]. The number of nitrogens with zero attached hydrogens (tertiary/aromatic N) is 1. The van der Waals surface area contributed by atoms with Gasteiger partial charge in [-0.25, -0.2) is 4.79 Å². The second-order valence-corrected chi connectivity index (χ2v) is 10.9. The van der Waals surface area contributed by atoms with E-state index in [-0.39, 0.29) is 6.10 Å². The Labute approximate surface area is 204 Å². The van der Waals surface area contributed by atoms with Gasteiger partial charge in [0, 0.05) is 12.8 Å². The average molecular weight is 507 g/mol. The smallest absolute Gasteiger partial charge is 0.349 e. The van der Waals surface area contributed by atoms with Gasteiger partial charge in [-0.15, -0.1) is 22.7 Å². The molecule has 3 fully saturated rings. The minimum absolute atomic E-state index is 0.161. The molecule has 5 atom stereocenters. The molecule has 182 valence electrons. The zero-order valence-corrected chi connectivity index (χ0v) is 20.1. The lowest BCUT2D eigenvalue weighted by Crippen LogP contribution is -2.60. The topological polar surface area (TPSA) is 139 Å². The molecule has 2 aromatic rings. The van der Waals surface area contributed by atoms with E-state index in [9.17, 15) is 29.7 Å². The van der Waals surface area contributed by atoms with Gasteiger partial charge in [-0.2, -0.15) is 0 Å². The van der Waals surface area contributed by atoms with Crippen molar-refractivity contribution in [1.29, 1.82) is 0 Å². The highest BCUT2D eigenvalue weighted by atomic mass is 32.1. The fourth-order valence-corrected chi connectivity index (χ4v) is 6.68. The van der Waals surface area contributed by atoms with Crippen LogP contribution >= 0.6 is 22.7 Å². The molecular formula is C23H24NO8S2-. The quantitative estimate of drug-likeness (QED) is 0.237. The van der Waals surface area contributed by atoms with Crippen LogP contribution in [0.5, 0.6) is 0 Å². The van der Waals surface area contributed by atoms with Crippen LogP contribution in [0, 0.1) is 0 Å². The number of likely N-dealkylation sites (N-methyl/N-ethyl adjacent to an activating group) is 1. The van der Waals surface area contributed by atoms with E-state index in [1.54, 1.807) is 12.1 Å². The highest BCUT2D eigenvalue weighted by molar-refractivity contribution is 7.12. The maximum Gasteiger partial charge on any atom is 0.349 e. The molecule has 0 radical (unpaired) electrons. The number of carbonyl (C=O) groups excluding carboxylic acids is 3. The van der Waals surface area contributed by atoms with Crippen LogP contribution in [0.3, 0.4) is 0 Å². The van der Waals surface area contributed by atoms with E-state index in [1.807, 2.05) is 22.9 Å². The van der Waals surface area contributed by atoms with E-state index >= 15 is 0 Å². The number of aliphatic carboxylic acids is 2. The number of carboxylic acid groups (broad SMARTS) is 2. The van der Waals surface area contributed by atoms with Crippen molar-refractivity contribution in [3.05, 3.63) is 56.9 Å². The van der Waals surface area contributed by atoms with E-state index < -0.39 is 23.5 Å². The van der Waals surface area contributed by atoms with Gasteiger partial charge in [0.25, 0.3) is 0 Å². The second-order valence-electron chi connectivity index (χ2n) is 8.96. The summed E-state index contributed by atoms with van der Waals surface area (Å²) >= 11 is 2.74. The molecule has 5 rings (SSSR count). The van der Waals surface area contributed by atoms with E-state index in [1.165, 1.54) is 22.7 Å². The number of carbonyl (C=O) groups is 3. The van der Waals surface area contributed by atoms with Crippen molar-refractivity contribution < 1.29 is 43.7 Å². The third-order valence-corrected chi connectivity index (χ3v) is 8.68. The summed E-state index contributed by atoms with van der Waals surface area (Å²) in [4.78, 5) is 33.2. The molecule has 9 nitrogen and oxygen atoms in total. The third-order valence-electron chi connectivity index (χ3n) is 6.72. The van der Waals surface area contributed by atoms with E-state index in [4.69, 9.17) is 9.47 Å². The lowest BCUT2D eigenvalue weighted by atomic mass is 9.95. The Morgan fingerprint density at radius 2 is 1.50 bits per heavy atom. The van der Waals surface area contributed by atoms with Crippen molar-refractivity contribution in [2.24, 2.45) is 0 Å². The Morgan fingerprint density at radius 3 is 1.88 bits per heavy atom. The van der Waals surface area contributed by atoms with Crippen molar-refractivity contribution in [3.8, 4) is 0 Å². The maximum absolute atomic E-state index is 13.1. The monoisotopic (exact) mass is 506 g/mol. The van der Waals surface area contributed by atoms with Gasteiger partial charge in [-0.05, 0) is 35.0 Å². The summed E-state index contributed by atoms with van der Waals surface area (Å²) in [7, 11) is 4.49. The Morgan fingerprint density at radius 1 is 1.03 bits per heavy atom. The third kappa shape index (κ3) is 4.53. The Kier molecular flexibility index (Phi) is 6.67. The summed E-state index contributed by atoms with van der Waals surface area (Å²) in [5.74, 6) is -3.66. The molecule has 2 bridgehead atoms. The van der Waals surface area contributed by atoms with Gasteiger partial charge in [-0.3, -0.25) is 0 Å². The summed E-state index contributed by atoms with van der Waals surface area (Å²) < 4.78 is 12.6. The van der Waals surface area contributed by atoms with Crippen molar-refractivity contribution in [2.75, 3.05) is 14.1 Å². The largest absolute Gasteiger partial charge is 0.545 e. The van der Waals surface area contributed by atoms with E-state index in [0.29, 0.717) is 46.2 Å². The fourth-order valence-electron chi connectivity index (χ4n) is 4.97. The number of hydrogen-bond acceptors (Lipinski definition) is 10. The lowest BCUT2D eigenvalue weighted by molar-refractivity contribution is -0.938. The van der Waals surface area contributed by atoms with Gasteiger partial charge in [-0.1, -0.05) is 12.1 Å². The molecule has 0 amide bonds. The molecule has 0 aliphatic carbocycles. The van der Waals surface area contributed by atoms with Gasteiger partial charge in [0.05, 0.1) is 35.8 Å². The first-order chi connectivity index (χ1) is 16.0. The molecule has 2 aromatic heterocycles. The number of fused-ring (bicyclic) bond motifs is 5. The number of esters is 1. The number of morpholine rings is 1. The molecule has 5 heterocycles. The maximum atomic E-state index is 13.1. The number of aliphatic hydroxyl groups is 1. The summed E-state index contributed by atoms with van der Waals surface area (Å²) in [5, 5.41) is 33.9. The van der Waals surface area contributed by atoms with Crippen LogP contribution < -0.4 is 10.2 Å². The first-order valence-electron chi connectivity index (χ1n) is 10.7. The number of ether oxygens (including phenoxy) is 2. The van der Waals surface area contributed by atoms with Gasteiger partial charge >= 0.3 is 5.97 Å². The average Bonchev–Trinajstić information content (AvgIpc) is 3.11. The molecule has 0 aromatic carbocycles. The fraction of sp³-hybridized carbons (Fsp3) is 0.435. The number of piperidine rings is 1. The predicted molar refractivity (Wildman–Crippen MR) is 118 cm³/mol. The molecule has 0 spiro atoms. The molecule has 1 unspecified atom stereocenters. The lowest BCUT2D eigenvalue weighted by Gasteiger charge is -2.45. The van der Waals surface area contributed by atoms with Crippen molar-refractivity contribution in [3.63, 3.8) is 0 Å². The Bertz CT molecular complexity index is 1010. The predicted octanol–water partition coefficient (Wildman–Crippen LogP) is -0.612. The zero-order chi connectivity index (χ0) is 24.7. The number of carboxylic acids is 2. The molecule has 34 heavy (non-hydrogen) atoms. The summed E-state index contributed by atoms with van der Waals surface area (Å²) in [5.41, 5.74) is -1.72. The van der Waals surface area contributed by atoms with Crippen LogP contribution in [0.1, 0.15) is 22.6 Å². The van der Waals surface area contributed by atoms with Crippen LogP contribution in [-0.2, 0) is 29.5 Å². The van der Waals surface area contributed by atoms with Crippen LogP contribution in [-0.4, -0.2) is 72.0 Å². The number of quaternary nitrogens is 1. The minimum atomic E-state index is -1.72. The van der Waals surface area contributed by atoms with Crippen LogP contribution in [0.2, 0.25) is 0 Å². The number of epoxide rings is 1. The zero-order valence-electron chi connectivity index (χ0n) is 18.5. The summed E-state index contributed by atoms with van der Waals surface area (Å²) in [6.45, 7) is 0. The number of rotatable bonds is 6. The summed E-state index contributed by atoms with van der Waals surface area (Å²) in [6.07, 6.45) is 2.82. The number of hydrogen-bond donors (Lipinski definition) is 1. The molecule has 3 aliphatic rings. The molecule has 3 aliphatic heterocycles. The minimum Gasteiger partial charge on any atom is -0.545 e. The highest BCUT2D eigenvalue weighted by Gasteiger charge is 2.71. The first kappa shape index (κ1) is 24.6. The van der Waals surface area contributed by atoms with Crippen LogP contribution in [0.4, 0.5) is 0 Å². The first-order valence-corrected chi connectivity index (χ1v) is 12.4. The molecular weight excluding hydrogens is 482 g/mol. The van der Waals surface area contributed by atoms with E-state index in [0.717, 1.165) is 17.3 Å². The normalized spacial score (nSPS) is 28.5. The molecule has 1 N–H and O–H groups in total. The second kappa shape index (κ2) is 9.23. The Balaban J connectivity index is 0.000000297. The van der Waals surface area contributed by atoms with E-state index in [2.05, 4.69) is 14.1 Å². The standard InChI is InChI=1S/C19H22NO4S2.C4H4O4/c1-20(2)12-9-11(10-13(20)17-16(12)24-17)23-18(21)19(22,14-5-3-7-25-14)15-6-4-8-26-15;5-3(6)1-2-4(7)8/h3-8,11-13,16-17,22H,9-10H2,1-2H3;1-2H,(H,5,6)(H,7,8)/q+1;/p-2/b;2-1+/t11?,12-,13+,16-,17+;. The van der Waals surface area contributed by atoms with Gasteiger partial charge in [0.2, 0.25) is 5.60 Å². The van der Waals surface area contributed by atoms with Gasteiger partial charge < -0.3 is 38.9 Å². The van der Waals surface area contributed by atoms with Crippen molar-refractivity contribution >= 4 is 40.6 Å². The van der Waals surface area contributed by atoms with Gasteiger partial charge in [0.1, 0.15) is 30.4 Å². The summed E-state index contributed by atoms with van der Waals surface area (Å²) in [6, 6.07) is 8.01. The van der Waals surface area contributed by atoms with Crippen molar-refractivity contribution in [1.82, 2.24) is 0 Å². The molecule has 3 saturated heterocycles. The number of thiophene rings is 2. The van der Waals surface area contributed by atoms with Crippen molar-refractivity contribution in [2.45, 2.75) is 48.8 Å². The van der Waals surface area contributed by atoms with Gasteiger partial charge in [0.15, 0.2) is 0 Å². The molecule has 11 heteroatoms. The van der Waals surface area contributed by atoms with Crippen LogP contribution in [0.15, 0.2) is 47.2 Å². The highest BCUT2D eigenvalue weighted by Crippen LogP contribution is 2.52. The van der Waals surface area contributed by atoms with Crippen LogP contribution in [0.25, 0.3) is 0 Å².